The fraction of sp³-hybridized carbons (Fsp3) is 0.385. The van der Waals surface area contributed by atoms with E-state index < -0.39 is 12.0 Å². The van der Waals surface area contributed by atoms with Gasteiger partial charge in [0.25, 0.3) is 0 Å². The lowest BCUT2D eigenvalue weighted by molar-refractivity contribution is -0.123. The summed E-state index contributed by atoms with van der Waals surface area (Å²) in [5, 5.41) is 11.5. The maximum Gasteiger partial charge on any atom is 0.335 e. The molecule has 0 spiro atoms. The number of rotatable bonds is 5. The Kier molecular flexibility index (Phi) is 4.85. The van der Waals surface area contributed by atoms with Crippen molar-refractivity contribution in [2.45, 2.75) is 26.4 Å². The molecule has 0 aliphatic rings. The number of hydrogen-bond donors (Lipinski definition) is 3. The number of amides is 1. The third-order valence-electron chi connectivity index (χ3n) is 2.69. The van der Waals surface area contributed by atoms with Crippen molar-refractivity contribution in [3.05, 3.63) is 35.4 Å². The Hall–Kier alpha value is -1.88. The third-order valence-corrected chi connectivity index (χ3v) is 2.69. The van der Waals surface area contributed by atoms with Gasteiger partial charge in [-0.15, -0.1) is 0 Å². The Labute approximate surface area is 106 Å². The van der Waals surface area contributed by atoms with E-state index in [9.17, 15) is 9.59 Å². The lowest BCUT2D eigenvalue weighted by Gasteiger charge is -2.15. The molecule has 4 N–H and O–H groups in total. The first-order chi connectivity index (χ1) is 8.41. The molecule has 18 heavy (non-hydrogen) atoms. The van der Waals surface area contributed by atoms with Crippen molar-refractivity contribution in [1.82, 2.24) is 5.32 Å². The molecular weight excluding hydrogens is 232 g/mol. The summed E-state index contributed by atoms with van der Waals surface area (Å²) in [5.41, 5.74) is 6.76. The smallest absolute Gasteiger partial charge is 0.335 e. The van der Waals surface area contributed by atoms with Crippen molar-refractivity contribution < 1.29 is 14.7 Å². The minimum absolute atomic E-state index is 0.0828. The number of nitrogens with one attached hydrogen (secondary N) is 1. The van der Waals surface area contributed by atoms with Gasteiger partial charge in [0.2, 0.25) is 5.91 Å². The molecule has 0 heterocycles. The molecule has 98 valence electrons. The van der Waals surface area contributed by atoms with Gasteiger partial charge in [0, 0.05) is 6.54 Å². The molecule has 5 nitrogen and oxygen atoms in total. The number of hydrogen-bond acceptors (Lipinski definition) is 3. The van der Waals surface area contributed by atoms with Crippen LogP contribution in [0.4, 0.5) is 0 Å². The maximum absolute atomic E-state index is 11.6. The average molecular weight is 250 g/mol. The number of aromatic carboxylic acids is 1. The first-order valence-corrected chi connectivity index (χ1v) is 5.77. The van der Waals surface area contributed by atoms with Gasteiger partial charge in [0.15, 0.2) is 0 Å². The van der Waals surface area contributed by atoms with Gasteiger partial charge < -0.3 is 16.2 Å². The Balaban J connectivity index is 2.54. The second kappa shape index (κ2) is 6.16. The van der Waals surface area contributed by atoms with Crippen molar-refractivity contribution in [3.8, 4) is 0 Å². The minimum atomic E-state index is -0.965. The molecule has 0 saturated carbocycles. The van der Waals surface area contributed by atoms with Crippen LogP contribution in [0.3, 0.4) is 0 Å². The van der Waals surface area contributed by atoms with Gasteiger partial charge in [0.05, 0.1) is 11.6 Å². The van der Waals surface area contributed by atoms with Crippen LogP contribution in [-0.4, -0.2) is 23.0 Å². The highest BCUT2D eigenvalue weighted by Crippen LogP contribution is 2.05. The van der Waals surface area contributed by atoms with E-state index in [1.54, 1.807) is 12.1 Å². The fourth-order valence-electron chi connectivity index (χ4n) is 1.37. The zero-order valence-electron chi connectivity index (χ0n) is 10.5. The van der Waals surface area contributed by atoms with Crippen LogP contribution >= 0.6 is 0 Å². The van der Waals surface area contributed by atoms with Crippen molar-refractivity contribution >= 4 is 11.9 Å². The summed E-state index contributed by atoms with van der Waals surface area (Å²) >= 11 is 0. The minimum Gasteiger partial charge on any atom is -0.478 e. The fourth-order valence-corrected chi connectivity index (χ4v) is 1.37. The molecule has 0 aromatic heterocycles. The molecule has 0 radical (unpaired) electrons. The lowest BCUT2D eigenvalue weighted by Crippen LogP contribution is -2.43. The summed E-state index contributed by atoms with van der Waals surface area (Å²) < 4.78 is 0. The highest BCUT2D eigenvalue weighted by atomic mass is 16.4. The summed E-state index contributed by atoms with van der Waals surface area (Å²) in [6.45, 7) is 4.11. The van der Waals surface area contributed by atoms with Crippen LogP contribution in [0.1, 0.15) is 29.8 Å². The van der Waals surface area contributed by atoms with E-state index in [1.165, 1.54) is 12.1 Å². The summed E-state index contributed by atoms with van der Waals surface area (Å²) in [4.78, 5) is 22.3. The second-order valence-corrected chi connectivity index (χ2v) is 4.49. The van der Waals surface area contributed by atoms with Gasteiger partial charge in [-0.1, -0.05) is 26.0 Å². The van der Waals surface area contributed by atoms with Crippen LogP contribution in [0.2, 0.25) is 0 Å². The zero-order valence-corrected chi connectivity index (χ0v) is 10.5. The van der Waals surface area contributed by atoms with E-state index in [0.717, 1.165) is 5.56 Å². The summed E-state index contributed by atoms with van der Waals surface area (Å²) in [5.74, 6) is -1.08. The number of carbonyl (C=O) groups is 2. The molecule has 5 heteroatoms. The normalized spacial score (nSPS) is 12.2. The van der Waals surface area contributed by atoms with Crippen molar-refractivity contribution in [3.63, 3.8) is 0 Å². The van der Waals surface area contributed by atoms with E-state index in [-0.39, 0.29) is 17.4 Å². The number of carboxylic acids is 1. The molecule has 1 rings (SSSR count). The molecule has 1 aromatic carbocycles. The molecule has 0 fully saturated rings. The van der Waals surface area contributed by atoms with Crippen molar-refractivity contribution in [2.75, 3.05) is 0 Å². The van der Waals surface area contributed by atoms with Gasteiger partial charge >= 0.3 is 5.97 Å². The molecule has 1 aromatic rings. The Morgan fingerprint density at radius 2 is 1.83 bits per heavy atom. The molecule has 0 aliphatic carbocycles. The first kappa shape index (κ1) is 14.2. The van der Waals surface area contributed by atoms with Crippen LogP contribution in [0.5, 0.6) is 0 Å². The largest absolute Gasteiger partial charge is 0.478 e. The number of benzene rings is 1. The quantitative estimate of drug-likeness (QED) is 0.726. The molecule has 1 amide bonds. The van der Waals surface area contributed by atoms with Crippen LogP contribution in [0.15, 0.2) is 24.3 Å². The van der Waals surface area contributed by atoms with Gasteiger partial charge in [0.1, 0.15) is 0 Å². The van der Waals surface area contributed by atoms with E-state index in [4.69, 9.17) is 10.8 Å². The van der Waals surface area contributed by atoms with Gasteiger partial charge in [-0.05, 0) is 23.6 Å². The van der Waals surface area contributed by atoms with E-state index in [0.29, 0.717) is 6.54 Å². The summed E-state index contributed by atoms with van der Waals surface area (Å²) in [6, 6.07) is 5.83. The van der Waals surface area contributed by atoms with Gasteiger partial charge in [-0.3, -0.25) is 4.79 Å². The third kappa shape index (κ3) is 3.85. The number of carbonyl (C=O) groups excluding carboxylic acids is 1. The topological polar surface area (TPSA) is 92.4 Å². The predicted molar refractivity (Wildman–Crippen MR) is 68.1 cm³/mol. The van der Waals surface area contributed by atoms with E-state index in [1.807, 2.05) is 13.8 Å². The number of nitrogens with two attached hydrogens (primary N) is 1. The summed E-state index contributed by atoms with van der Waals surface area (Å²) in [7, 11) is 0. The van der Waals surface area contributed by atoms with E-state index >= 15 is 0 Å². The SMILES string of the molecule is CC(C)C(N)C(=O)NCc1ccc(C(=O)O)cc1. The van der Waals surface area contributed by atoms with Crippen LogP contribution in [-0.2, 0) is 11.3 Å². The Bertz CT molecular complexity index is 426. The maximum atomic E-state index is 11.6. The molecule has 0 aliphatic heterocycles. The molecule has 1 atom stereocenters. The van der Waals surface area contributed by atoms with Gasteiger partial charge in [-0.25, -0.2) is 4.79 Å². The second-order valence-electron chi connectivity index (χ2n) is 4.49. The van der Waals surface area contributed by atoms with Gasteiger partial charge in [-0.2, -0.15) is 0 Å². The first-order valence-electron chi connectivity index (χ1n) is 5.77. The molecular formula is C13H18N2O3. The monoisotopic (exact) mass is 250 g/mol. The Morgan fingerprint density at radius 1 is 1.28 bits per heavy atom. The van der Waals surface area contributed by atoms with Crippen LogP contribution in [0, 0.1) is 5.92 Å². The summed E-state index contributed by atoms with van der Waals surface area (Å²) in [6.07, 6.45) is 0. The molecule has 0 saturated heterocycles. The highest BCUT2D eigenvalue weighted by molar-refractivity contribution is 5.87. The number of carboxylic acid groups (broad SMARTS) is 1. The van der Waals surface area contributed by atoms with Crippen LogP contribution < -0.4 is 11.1 Å². The standard InChI is InChI=1S/C13H18N2O3/c1-8(2)11(14)12(16)15-7-9-3-5-10(6-4-9)13(17)18/h3-6,8,11H,7,14H2,1-2H3,(H,15,16)(H,17,18). The van der Waals surface area contributed by atoms with Crippen molar-refractivity contribution in [1.29, 1.82) is 0 Å². The van der Waals surface area contributed by atoms with Crippen molar-refractivity contribution in [2.24, 2.45) is 11.7 Å². The lowest BCUT2D eigenvalue weighted by atomic mass is 10.0. The van der Waals surface area contributed by atoms with Crippen LogP contribution in [0.25, 0.3) is 0 Å². The average Bonchev–Trinajstić information content (AvgIpc) is 2.35. The van der Waals surface area contributed by atoms with E-state index in [2.05, 4.69) is 5.32 Å². The molecule has 0 bridgehead atoms. The zero-order chi connectivity index (χ0) is 13.7. The Morgan fingerprint density at radius 3 is 2.28 bits per heavy atom. The highest BCUT2D eigenvalue weighted by Gasteiger charge is 2.16. The predicted octanol–water partition coefficient (Wildman–Crippen LogP) is 0.984. The molecule has 1 unspecified atom stereocenters.